The van der Waals surface area contributed by atoms with Crippen molar-refractivity contribution in [3.63, 3.8) is 0 Å². The molecular weight excluding hydrogens is 232 g/mol. The molecule has 1 atom stereocenters. The summed E-state index contributed by atoms with van der Waals surface area (Å²) < 4.78 is 0. The summed E-state index contributed by atoms with van der Waals surface area (Å²) in [4.78, 5) is 9.62. The van der Waals surface area contributed by atoms with Crippen LogP contribution in [-0.2, 0) is 6.54 Å². The van der Waals surface area contributed by atoms with Crippen LogP contribution in [0.3, 0.4) is 0 Å². The predicted molar refractivity (Wildman–Crippen MR) is 73.8 cm³/mol. The number of nitrogens with zero attached hydrogens (tertiary/aromatic N) is 3. The van der Waals surface area contributed by atoms with Crippen LogP contribution in [0.4, 0.5) is 5.13 Å². The van der Waals surface area contributed by atoms with Crippen molar-refractivity contribution in [3.05, 3.63) is 11.1 Å². The summed E-state index contributed by atoms with van der Waals surface area (Å²) in [6.45, 7) is 9.90. The molecule has 1 aliphatic rings. The van der Waals surface area contributed by atoms with Gasteiger partial charge in [0.15, 0.2) is 5.13 Å². The zero-order valence-corrected chi connectivity index (χ0v) is 11.8. The van der Waals surface area contributed by atoms with E-state index in [1.54, 1.807) is 11.3 Å². The smallest absolute Gasteiger partial charge is 0.185 e. The third-order valence-electron chi connectivity index (χ3n) is 3.34. The lowest BCUT2D eigenvalue weighted by molar-refractivity contribution is 0.199. The van der Waals surface area contributed by atoms with Crippen LogP contribution in [0.2, 0.25) is 0 Å². The van der Waals surface area contributed by atoms with Crippen LogP contribution in [0.25, 0.3) is 0 Å². The van der Waals surface area contributed by atoms with E-state index < -0.39 is 0 Å². The maximum atomic E-state index is 4.67. The van der Waals surface area contributed by atoms with Crippen molar-refractivity contribution in [2.75, 3.05) is 38.1 Å². The summed E-state index contributed by atoms with van der Waals surface area (Å²) in [7, 11) is 1.96. The summed E-state index contributed by atoms with van der Waals surface area (Å²) in [5, 5.41) is 6.48. The van der Waals surface area contributed by atoms with Crippen molar-refractivity contribution in [1.29, 1.82) is 0 Å². The Balaban J connectivity index is 1.98. The molecule has 4 nitrogen and oxygen atoms in total. The molecule has 17 heavy (non-hydrogen) atoms. The number of thiazole rings is 1. The van der Waals surface area contributed by atoms with E-state index >= 15 is 0 Å². The summed E-state index contributed by atoms with van der Waals surface area (Å²) in [6.07, 6.45) is 0. The average molecular weight is 254 g/mol. The van der Waals surface area contributed by atoms with Gasteiger partial charge in [-0.05, 0) is 20.5 Å². The normalized spacial score (nSPS) is 22.1. The zero-order valence-electron chi connectivity index (χ0n) is 10.9. The standard InChI is InChI=1S/C12H22N4S/c1-4-15-5-6-16(8-10(15)2)12-14-11(7-13-3)9-17-12/h9-10,13H,4-8H2,1-3H3. The Labute approximate surface area is 108 Å². The quantitative estimate of drug-likeness (QED) is 0.880. The van der Waals surface area contributed by atoms with Crippen molar-refractivity contribution < 1.29 is 0 Å². The minimum absolute atomic E-state index is 0.630. The minimum Gasteiger partial charge on any atom is -0.345 e. The third kappa shape index (κ3) is 2.97. The van der Waals surface area contributed by atoms with Gasteiger partial charge >= 0.3 is 0 Å². The molecule has 0 radical (unpaired) electrons. The number of hydrogen-bond donors (Lipinski definition) is 1. The Kier molecular flexibility index (Phi) is 4.36. The maximum Gasteiger partial charge on any atom is 0.185 e. The van der Waals surface area contributed by atoms with E-state index in [2.05, 4.69) is 39.3 Å². The molecule has 0 bridgehead atoms. The van der Waals surface area contributed by atoms with Crippen LogP contribution >= 0.6 is 11.3 Å². The molecule has 1 N–H and O–H groups in total. The van der Waals surface area contributed by atoms with Crippen LogP contribution in [0.1, 0.15) is 19.5 Å². The number of anilines is 1. The van der Waals surface area contributed by atoms with E-state index in [1.165, 1.54) is 5.13 Å². The minimum atomic E-state index is 0.630. The Hall–Kier alpha value is -0.650. The average Bonchev–Trinajstić information content (AvgIpc) is 2.78. The summed E-state index contributed by atoms with van der Waals surface area (Å²) >= 11 is 1.76. The predicted octanol–water partition coefficient (Wildman–Crippen LogP) is 1.39. The molecule has 96 valence electrons. The second kappa shape index (κ2) is 5.80. The number of hydrogen-bond acceptors (Lipinski definition) is 5. The Morgan fingerprint density at radius 1 is 1.53 bits per heavy atom. The summed E-state index contributed by atoms with van der Waals surface area (Å²) in [5.74, 6) is 0. The molecule has 1 saturated heterocycles. The van der Waals surface area contributed by atoms with Gasteiger partial charge < -0.3 is 10.2 Å². The number of piperazine rings is 1. The Morgan fingerprint density at radius 3 is 3.00 bits per heavy atom. The number of likely N-dealkylation sites (N-methyl/N-ethyl adjacent to an activating group) is 1. The molecule has 1 unspecified atom stereocenters. The third-order valence-corrected chi connectivity index (χ3v) is 4.29. The van der Waals surface area contributed by atoms with Gasteiger partial charge in [-0.3, -0.25) is 4.90 Å². The largest absolute Gasteiger partial charge is 0.345 e. The van der Waals surface area contributed by atoms with Gasteiger partial charge in [0, 0.05) is 37.6 Å². The van der Waals surface area contributed by atoms with Gasteiger partial charge in [-0.2, -0.15) is 0 Å². The molecule has 0 spiro atoms. The second-order valence-electron chi connectivity index (χ2n) is 4.58. The highest BCUT2D eigenvalue weighted by molar-refractivity contribution is 7.13. The van der Waals surface area contributed by atoms with Gasteiger partial charge in [0.05, 0.1) is 5.69 Å². The molecule has 1 aliphatic heterocycles. The lowest BCUT2D eigenvalue weighted by Gasteiger charge is -2.39. The fourth-order valence-electron chi connectivity index (χ4n) is 2.34. The van der Waals surface area contributed by atoms with Gasteiger partial charge in [-0.1, -0.05) is 6.92 Å². The Morgan fingerprint density at radius 2 is 2.35 bits per heavy atom. The lowest BCUT2D eigenvalue weighted by atomic mass is 10.2. The first-order valence-corrected chi connectivity index (χ1v) is 7.20. The SMILES string of the molecule is CCN1CCN(c2nc(CNC)cs2)CC1C. The molecule has 1 aromatic heterocycles. The van der Waals surface area contributed by atoms with Crippen LogP contribution in [0.5, 0.6) is 0 Å². The van der Waals surface area contributed by atoms with Crippen LogP contribution in [0.15, 0.2) is 5.38 Å². The van der Waals surface area contributed by atoms with Crippen molar-refractivity contribution in [3.8, 4) is 0 Å². The highest BCUT2D eigenvalue weighted by atomic mass is 32.1. The van der Waals surface area contributed by atoms with E-state index in [9.17, 15) is 0 Å². The molecular formula is C12H22N4S. The number of aromatic nitrogens is 1. The van der Waals surface area contributed by atoms with Crippen molar-refractivity contribution in [2.24, 2.45) is 0 Å². The van der Waals surface area contributed by atoms with Crippen LogP contribution in [0, 0.1) is 0 Å². The van der Waals surface area contributed by atoms with E-state index in [-0.39, 0.29) is 0 Å². The molecule has 0 aliphatic carbocycles. The van der Waals surface area contributed by atoms with Gasteiger partial charge in [0.1, 0.15) is 0 Å². The molecule has 0 saturated carbocycles. The first-order chi connectivity index (χ1) is 8.24. The summed E-state index contributed by atoms with van der Waals surface area (Å²) in [6, 6.07) is 0.630. The topological polar surface area (TPSA) is 31.4 Å². The summed E-state index contributed by atoms with van der Waals surface area (Å²) in [5.41, 5.74) is 1.15. The highest BCUT2D eigenvalue weighted by Gasteiger charge is 2.23. The number of nitrogens with one attached hydrogen (secondary N) is 1. The van der Waals surface area contributed by atoms with Crippen molar-refractivity contribution in [2.45, 2.75) is 26.4 Å². The van der Waals surface area contributed by atoms with Gasteiger partial charge in [-0.15, -0.1) is 11.3 Å². The molecule has 0 amide bonds. The van der Waals surface area contributed by atoms with Crippen LogP contribution in [-0.4, -0.2) is 49.2 Å². The van der Waals surface area contributed by atoms with Crippen molar-refractivity contribution >= 4 is 16.5 Å². The first-order valence-electron chi connectivity index (χ1n) is 6.32. The monoisotopic (exact) mass is 254 g/mol. The van der Waals surface area contributed by atoms with E-state index in [1.807, 2.05) is 7.05 Å². The molecule has 0 aromatic carbocycles. The first kappa shape index (κ1) is 12.8. The van der Waals surface area contributed by atoms with Gasteiger partial charge in [0.25, 0.3) is 0 Å². The van der Waals surface area contributed by atoms with Gasteiger partial charge in [-0.25, -0.2) is 4.98 Å². The van der Waals surface area contributed by atoms with E-state index in [0.29, 0.717) is 6.04 Å². The fourth-order valence-corrected chi connectivity index (χ4v) is 3.20. The highest BCUT2D eigenvalue weighted by Crippen LogP contribution is 2.23. The lowest BCUT2D eigenvalue weighted by Crippen LogP contribution is -2.51. The molecule has 5 heteroatoms. The van der Waals surface area contributed by atoms with Crippen molar-refractivity contribution in [1.82, 2.24) is 15.2 Å². The zero-order chi connectivity index (χ0) is 12.3. The van der Waals surface area contributed by atoms with E-state index in [0.717, 1.165) is 38.4 Å². The van der Waals surface area contributed by atoms with E-state index in [4.69, 9.17) is 0 Å². The molecule has 1 aromatic rings. The fraction of sp³-hybridized carbons (Fsp3) is 0.750. The van der Waals surface area contributed by atoms with Crippen LogP contribution < -0.4 is 10.2 Å². The second-order valence-corrected chi connectivity index (χ2v) is 5.41. The molecule has 2 heterocycles. The maximum absolute atomic E-state index is 4.67. The Bertz CT molecular complexity index is 352. The molecule has 1 fully saturated rings. The molecule has 2 rings (SSSR count). The number of rotatable bonds is 4. The van der Waals surface area contributed by atoms with Gasteiger partial charge in [0.2, 0.25) is 0 Å².